The van der Waals surface area contributed by atoms with Gasteiger partial charge in [-0.15, -0.1) is 0 Å². The Morgan fingerprint density at radius 3 is 2.56 bits per heavy atom. The molecule has 100 valence electrons. The molecule has 0 bridgehead atoms. The monoisotopic (exact) mass is 249 g/mol. The van der Waals surface area contributed by atoms with Crippen LogP contribution in [0.4, 0.5) is 0 Å². The molecule has 0 saturated heterocycles. The van der Waals surface area contributed by atoms with Gasteiger partial charge in [0.05, 0.1) is 13.2 Å². The molecule has 18 heavy (non-hydrogen) atoms. The van der Waals surface area contributed by atoms with Gasteiger partial charge in [-0.05, 0) is 37.0 Å². The fourth-order valence-electron chi connectivity index (χ4n) is 1.91. The molecule has 1 aromatic carbocycles. The van der Waals surface area contributed by atoms with Crippen molar-refractivity contribution in [2.24, 2.45) is 0 Å². The van der Waals surface area contributed by atoms with Gasteiger partial charge in [-0.2, -0.15) is 0 Å². The van der Waals surface area contributed by atoms with Crippen LogP contribution in [0.3, 0.4) is 0 Å². The maximum absolute atomic E-state index is 5.93. The van der Waals surface area contributed by atoms with E-state index in [9.17, 15) is 0 Å². The summed E-state index contributed by atoms with van der Waals surface area (Å²) in [6, 6.07) is 8.89. The van der Waals surface area contributed by atoms with Crippen LogP contribution in [0, 0.1) is 0 Å². The zero-order valence-electron chi connectivity index (χ0n) is 11.3. The molecule has 0 radical (unpaired) electrons. The lowest BCUT2D eigenvalue weighted by molar-refractivity contribution is 0.0527. The van der Waals surface area contributed by atoms with Gasteiger partial charge < -0.3 is 14.8 Å². The molecule has 1 atom stereocenters. The number of benzene rings is 1. The normalized spacial score (nSPS) is 16.6. The van der Waals surface area contributed by atoms with Crippen LogP contribution in [0.1, 0.15) is 37.9 Å². The highest BCUT2D eigenvalue weighted by molar-refractivity contribution is 5.28. The third kappa shape index (κ3) is 4.00. The first-order valence-electron chi connectivity index (χ1n) is 6.82. The molecule has 3 heteroatoms. The summed E-state index contributed by atoms with van der Waals surface area (Å²) in [4.78, 5) is 0. The number of nitrogens with one attached hydrogen (secondary N) is 1. The summed E-state index contributed by atoms with van der Waals surface area (Å²) < 4.78 is 11.1. The van der Waals surface area contributed by atoms with Gasteiger partial charge in [0.25, 0.3) is 0 Å². The van der Waals surface area contributed by atoms with Crippen LogP contribution in [-0.4, -0.2) is 26.3 Å². The van der Waals surface area contributed by atoms with Crippen molar-refractivity contribution in [3.63, 3.8) is 0 Å². The number of ether oxygens (including phenoxy) is 2. The van der Waals surface area contributed by atoms with Gasteiger partial charge in [0, 0.05) is 19.2 Å². The highest BCUT2D eigenvalue weighted by Gasteiger charge is 2.22. The van der Waals surface area contributed by atoms with E-state index in [0.29, 0.717) is 0 Å². The summed E-state index contributed by atoms with van der Waals surface area (Å²) >= 11 is 0. The quantitative estimate of drug-likeness (QED) is 0.768. The first-order valence-corrected chi connectivity index (χ1v) is 6.82. The molecule has 0 aliphatic heterocycles. The molecule has 2 rings (SSSR count). The van der Waals surface area contributed by atoms with E-state index in [0.717, 1.165) is 31.4 Å². The summed E-state index contributed by atoms with van der Waals surface area (Å²) in [5.74, 6) is 0.892. The molecule has 1 N–H and O–H groups in total. The second-order valence-electron chi connectivity index (χ2n) is 4.82. The van der Waals surface area contributed by atoms with Gasteiger partial charge in [0.1, 0.15) is 5.75 Å². The fourth-order valence-corrected chi connectivity index (χ4v) is 1.91. The zero-order valence-corrected chi connectivity index (χ0v) is 11.3. The van der Waals surface area contributed by atoms with E-state index in [1.165, 1.54) is 18.4 Å². The van der Waals surface area contributed by atoms with Crippen LogP contribution >= 0.6 is 0 Å². The molecule has 0 spiro atoms. The van der Waals surface area contributed by atoms with E-state index in [1.807, 2.05) is 12.1 Å². The lowest BCUT2D eigenvalue weighted by Crippen LogP contribution is -2.25. The number of rotatable bonds is 8. The third-order valence-electron chi connectivity index (χ3n) is 3.18. The van der Waals surface area contributed by atoms with Gasteiger partial charge in [-0.3, -0.25) is 0 Å². The lowest BCUT2D eigenvalue weighted by atomic mass is 10.1. The van der Waals surface area contributed by atoms with Crippen molar-refractivity contribution < 1.29 is 9.47 Å². The molecule has 1 aliphatic rings. The van der Waals surface area contributed by atoms with Crippen molar-refractivity contribution in [2.75, 3.05) is 20.3 Å². The Balaban J connectivity index is 1.94. The Kier molecular flexibility index (Phi) is 5.02. The molecule has 1 aromatic rings. The third-order valence-corrected chi connectivity index (χ3v) is 3.18. The van der Waals surface area contributed by atoms with E-state index in [2.05, 4.69) is 24.4 Å². The predicted octanol–water partition coefficient (Wildman–Crippen LogP) is 2.91. The van der Waals surface area contributed by atoms with Crippen LogP contribution < -0.4 is 10.1 Å². The summed E-state index contributed by atoms with van der Waals surface area (Å²) in [6.07, 6.45) is 3.82. The molecule has 1 unspecified atom stereocenters. The molecule has 1 fully saturated rings. The Bertz CT molecular complexity index is 346. The van der Waals surface area contributed by atoms with Crippen molar-refractivity contribution >= 4 is 0 Å². The second kappa shape index (κ2) is 6.76. The van der Waals surface area contributed by atoms with Crippen LogP contribution in [-0.2, 0) is 4.74 Å². The minimum atomic E-state index is 0.149. The maximum Gasteiger partial charge on any atom is 0.118 e. The molecule has 3 nitrogen and oxygen atoms in total. The average Bonchev–Trinajstić information content (AvgIpc) is 3.23. The highest BCUT2D eigenvalue weighted by atomic mass is 16.5. The summed E-state index contributed by atoms with van der Waals surface area (Å²) in [5.41, 5.74) is 1.22. The lowest BCUT2D eigenvalue weighted by Gasteiger charge is -2.19. The van der Waals surface area contributed by atoms with E-state index < -0.39 is 0 Å². The van der Waals surface area contributed by atoms with Crippen molar-refractivity contribution in [3.05, 3.63) is 29.8 Å². The molecular formula is C15H23NO2. The smallest absolute Gasteiger partial charge is 0.118 e. The second-order valence-corrected chi connectivity index (χ2v) is 4.82. The van der Waals surface area contributed by atoms with Crippen molar-refractivity contribution in [1.82, 2.24) is 5.32 Å². The fraction of sp³-hybridized carbons (Fsp3) is 0.600. The van der Waals surface area contributed by atoms with Gasteiger partial charge in [-0.25, -0.2) is 0 Å². The maximum atomic E-state index is 5.93. The van der Waals surface area contributed by atoms with Gasteiger partial charge in [-0.1, -0.05) is 19.1 Å². The van der Waals surface area contributed by atoms with Crippen molar-refractivity contribution in [1.29, 1.82) is 0 Å². The standard InChI is InChI=1S/C15H23NO2/c1-3-10-18-15(11-16-13-6-7-13)12-4-8-14(17-2)9-5-12/h4-5,8-9,13,15-16H,3,6-7,10-11H2,1-2H3. The molecule has 0 heterocycles. The topological polar surface area (TPSA) is 30.5 Å². The van der Waals surface area contributed by atoms with Gasteiger partial charge in [0.15, 0.2) is 0 Å². The highest BCUT2D eigenvalue weighted by Crippen LogP contribution is 2.23. The molecule has 1 saturated carbocycles. The molecule has 1 aliphatic carbocycles. The first-order chi connectivity index (χ1) is 8.83. The molecule has 0 aromatic heterocycles. The minimum absolute atomic E-state index is 0.149. The Labute approximate surface area is 109 Å². The van der Waals surface area contributed by atoms with Crippen LogP contribution in [0.2, 0.25) is 0 Å². The van der Waals surface area contributed by atoms with Gasteiger partial charge in [0.2, 0.25) is 0 Å². The summed E-state index contributed by atoms with van der Waals surface area (Å²) in [6.45, 7) is 3.85. The zero-order chi connectivity index (χ0) is 12.8. The summed E-state index contributed by atoms with van der Waals surface area (Å²) in [5, 5.41) is 3.54. The minimum Gasteiger partial charge on any atom is -0.497 e. The van der Waals surface area contributed by atoms with Gasteiger partial charge >= 0.3 is 0 Å². The number of hydrogen-bond donors (Lipinski definition) is 1. The first kappa shape index (κ1) is 13.4. The number of hydrogen-bond acceptors (Lipinski definition) is 3. The van der Waals surface area contributed by atoms with E-state index in [1.54, 1.807) is 7.11 Å². The molecular weight excluding hydrogens is 226 g/mol. The largest absolute Gasteiger partial charge is 0.497 e. The Morgan fingerprint density at radius 1 is 1.28 bits per heavy atom. The van der Waals surface area contributed by atoms with Crippen LogP contribution in [0.25, 0.3) is 0 Å². The summed E-state index contributed by atoms with van der Waals surface area (Å²) in [7, 11) is 1.69. The SMILES string of the molecule is CCCOC(CNC1CC1)c1ccc(OC)cc1. The van der Waals surface area contributed by atoms with Crippen LogP contribution in [0.5, 0.6) is 5.75 Å². The Hall–Kier alpha value is -1.06. The predicted molar refractivity (Wildman–Crippen MR) is 73.0 cm³/mol. The van der Waals surface area contributed by atoms with E-state index in [-0.39, 0.29) is 6.10 Å². The molecule has 0 amide bonds. The van der Waals surface area contributed by atoms with E-state index in [4.69, 9.17) is 9.47 Å². The number of methoxy groups -OCH3 is 1. The average molecular weight is 249 g/mol. The van der Waals surface area contributed by atoms with Crippen molar-refractivity contribution in [2.45, 2.75) is 38.3 Å². The van der Waals surface area contributed by atoms with E-state index >= 15 is 0 Å². The Morgan fingerprint density at radius 2 is 2.00 bits per heavy atom. The van der Waals surface area contributed by atoms with Crippen LogP contribution in [0.15, 0.2) is 24.3 Å². The van der Waals surface area contributed by atoms with Crippen molar-refractivity contribution in [3.8, 4) is 5.75 Å².